The summed E-state index contributed by atoms with van der Waals surface area (Å²) in [6.45, 7) is 5.91. The third kappa shape index (κ3) is 7.25. The van der Waals surface area contributed by atoms with E-state index in [-0.39, 0.29) is 46.1 Å². The van der Waals surface area contributed by atoms with Crippen LogP contribution < -0.4 is 5.32 Å². The maximum Gasteiger partial charge on any atom is 0.337 e. The summed E-state index contributed by atoms with van der Waals surface area (Å²) in [7, 11) is 1.25. The maximum atomic E-state index is 16.3. The first-order valence-corrected chi connectivity index (χ1v) is 16.8. The summed E-state index contributed by atoms with van der Waals surface area (Å²) < 4.78 is 52.4. The molecule has 0 bridgehead atoms. The Labute approximate surface area is 299 Å². The van der Waals surface area contributed by atoms with Crippen molar-refractivity contribution in [2.45, 2.75) is 57.0 Å². The van der Waals surface area contributed by atoms with Gasteiger partial charge in [0.05, 0.1) is 29.8 Å². The molecule has 50 heavy (non-hydrogen) atoms. The Morgan fingerprint density at radius 1 is 0.960 bits per heavy atom. The van der Waals surface area contributed by atoms with Crippen molar-refractivity contribution >= 4 is 40.8 Å². The third-order valence-corrected chi connectivity index (χ3v) is 9.74. The van der Waals surface area contributed by atoms with Crippen molar-refractivity contribution in [3.05, 3.63) is 135 Å². The van der Waals surface area contributed by atoms with Crippen LogP contribution in [0.25, 0.3) is 0 Å². The molecule has 1 saturated heterocycles. The standard InChI is InChI=1S/C39H36Cl2F3N3O3/c1-38(2,3)21-32-39(22-45,28-17-14-25(40)20-31(28)43)33(27-9-7-10-29(41)34(27)44)35(47(32)19-18-23-8-5-6-11-30(23)42)36(48)46-26-15-12-24(13-16-26)37(49)50-4/h5-17,20,32-33,35H,18-19,21H2,1-4H3,(H,46,48)/t32-,33-,35+,39-/m0/s1. The first-order chi connectivity index (χ1) is 23.7. The second kappa shape index (κ2) is 14.9. The molecule has 0 unspecified atom stereocenters. The van der Waals surface area contributed by atoms with Crippen molar-refractivity contribution in [3.63, 3.8) is 0 Å². The van der Waals surface area contributed by atoms with Crippen LogP contribution in [-0.2, 0) is 21.4 Å². The molecule has 0 aromatic heterocycles. The van der Waals surface area contributed by atoms with Crippen LogP contribution in [0.4, 0.5) is 18.9 Å². The van der Waals surface area contributed by atoms with Gasteiger partial charge in [-0.2, -0.15) is 5.26 Å². The van der Waals surface area contributed by atoms with Crippen LogP contribution in [0.2, 0.25) is 10.0 Å². The number of esters is 1. The van der Waals surface area contributed by atoms with E-state index in [0.717, 1.165) is 6.07 Å². The Kier molecular flexibility index (Phi) is 11.0. The number of nitriles is 1. The van der Waals surface area contributed by atoms with Gasteiger partial charge in [0.2, 0.25) is 5.91 Å². The summed E-state index contributed by atoms with van der Waals surface area (Å²) in [4.78, 5) is 28.6. The van der Waals surface area contributed by atoms with Crippen molar-refractivity contribution in [2.75, 3.05) is 19.0 Å². The monoisotopic (exact) mass is 721 g/mol. The Morgan fingerprint density at radius 3 is 2.28 bits per heavy atom. The number of nitrogens with zero attached hydrogens (tertiary/aromatic N) is 2. The van der Waals surface area contributed by atoms with E-state index >= 15 is 8.78 Å². The minimum Gasteiger partial charge on any atom is -0.465 e. The number of hydrogen-bond donors (Lipinski definition) is 1. The van der Waals surface area contributed by atoms with E-state index < -0.39 is 58.2 Å². The van der Waals surface area contributed by atoms with E-state index in [1.165, 1.54) is 67.8 Å². The number of halogens is 5. The van der Waals surface area contributed by atoms with Gasteiger partial charge in [-0.1, -0.05) is 80.4 Å². The molecular weight excluding hydrogens is 686 g/mol. The van der Waals surface area contributed by atoms with Gasteiger partial charge in [-0.05, 0) is 77.9 Å². The molecule has 260 valence electrons. The number of methoxy groups -OCH3 is 1. The second-order valence-corrected chi connectivity index (χ2v) is 14.4. The number of hydrogen-bond acceptors (Lipinski definition) is 5. The van der Waals surface area contributed by atoms with E-state index in [9.17, 15) is 19.2 Å². The lowest BCUT2D eigenvalue weighted by Crippen LogP contribution is -2.48. The average molecular weight is 723 g/mol. The summed E-state index contributed by atoms with van der Waals surface area (Å²) in [5.74, 6) is -4.59. The molecule has 4 aromatic rings. The summed E-state index contributed by atoms with van der Waals surface area (Å²) >= 11 is 12.5. The number of ether oxygens (including phenoxy) is 1. The molecule has 0 saturated carbocycles. The van der Waals surface area contributed by atoms with E-state index in [4.69, 9.17) is 27.9 Å². The minimum atomic E-state index is -1.88. The molecule has 0 spiro atoms. The number of benzene rings is 4. The molecular formula is C39H36Cl2F3N3O3. The van der Waals surface area contributed by atoms with Crippen molar-refractivity contribution < 1.29 is 27.5 Å². The molecule has 1 amide bonds. The van der Waals surface area contributed by atoms with Crippen molar-refractivity contribution in [2.24, 2.45) is 5.41 Å². The average Bonchev–Trinajstić information content (AvgIpc) is 3.33. The molecule has 1 fully saturated rings. The van der Waals surface area contributed by atoms with Crippen LogP contribution >= 0.6 is 23.2 Å². The van der Waals surface area contributed by atoms with Crippen LogP contribution in [-0.4, -0.2) is 42.5 Å². The lowest BCUT2D eigenvalue weighted by molar-refractivity contribution is -0.121. The molecule has 1 aliphatic rings. The van der Waals surface area contributed by atoms with Crippen LogP contribution in [0, 0.1) is 34.2 Å². The molecule has 11 heteroatoms. The lowest BCUT2D eigenvalue weighted by atomic mass is 9.62. The van der Waals surface area contributed by atoms with Gasteiger partial charge in [0.25, 0.3) is 0 Å². The summed E-state index contributed by atoms with van der Waals surface area (Å²) in [6.07, 6.45) is 0.385. The Balaban J connectivity index is 1.78. The maximum absolute atomic E-state index is 16.3. The van der Waals surface area contributed by atoms with E-state index in [2.05, 4.69) is 11.4 Å². The first kappa shape index (κ1) is 36.9. The number of carbonyl (C=O) groups excluding carboxylic acids is 2. The van der Waals surface area contributed by atoms with Crippen LogP contribution in [0.3, 0.4) is 0 Å². The SMILES string of the molecule is COC(=O)c1ccc(NC(=O)[C@H]2[C@H](c3cccc(Cl)c3F)[C@@](C#N)(c3ccc(Cl)cc3F)[C@H](CC(C)(C)C)N2CCc2ccccc2F)cc1. The largest absolute Gasteiger partial charge is 0.465 e. The Morgan fingerprint density at radius 2 is 1.66 bits per heavy atom. The zero-order valence-corrected chi connectivity index (χ0v) is 29.5. The van der Waals surface area contributed by atoms with Crippen LogP contribution in [0.1, 0.15) is 60.2 Å². The van der Waals surface area contributed by atoms with Crippen molar-refractivity contribution in [1.82, 2.24) is 4.90 Å². The number of likely N-dealkylation sites (tertiary alicyclic amines) is 1. The zero-order chi connectivity index (χ0) is 36.4. The van der Waals surface area contributed by atoms with Gasteiger partial charge >= 0.3 is 5.97 Å². The second-order valence-electron chi connectivity index (χ2n) is 13.6. The van der Waals surface area contributed by atoms with Gasteiger partial charge in [-0.3, -0.25) is 9.69 Å². The van der Waals surface area contributed by atoms with Gasteiger partial charge in [-0.15, -0.1) is 0 Å². The zero-order valence-electron chi connectivity index (χ0n) is 27.9. The quantitative estimate of drug-likeness (QED) is 0.174. The first-order valence-electron chi connectivity index (χ1n) is 16.0. The van der Waals surface area contributed by atoms with Gasteiger partial charge in [0.1, 0.15) is 22.9 Å². The third-order valence-electron chi connectivity index (χ3n) is 9.21. The molecule has 5 rings (SSSR count). The highest BCUT2D eigenvalue weighted by atomic mass is 35.5. The predicted octanol–water partition coefficient (Wildman–Crippen LogP) is 9.11. The fourth-order valence-corrected chi connectivity index (χ4v) is 7.43. The molecule has 4 atom stereocenters. The molecule has 1 heterocycles. The number of nitrogens with one attached hydrogen (secondary N) is 1. The normalized spacial score (nSPS) is 20.7. The highest BCUT2D eigenvalue weighted by molar-refractivity contribution is 6.31. The Hall–Kier alpha value is -4.36. The molecule has 0 radical (unpaired) electrons. The lowest BCUT2D eigenvalue weighted by Gasteiger charge is -2.39. The van der Waals surface area contributed by atoms with Gasteiger partial charge < -0.3 is 10.1 Å². The Bertz CT molecular complexity index is 1940. The van der Waals surface area contributed by atoms with Crippen LogP contribution in [0.15, 0.2) is 84.9 Å². The number of amides is 1. The van der Waals surface area contributed by atoms with Gasteiger partial charge in [0, 0.05) is 34.8 Å². The summed E-state index contributed by atoms with van der Waals surface area (Å²) in [5, 5.41) is 14.1. The summed E-state index contributed by atoms with van der Waals surface area (Å²) in [6, 6.07) is 20.7. The molecule has 6 nitrogen and oxygen atoms in total. The smallest absolute Gasteiger partial charge is 0.337 e. The number of carbonyl (C=O) groups is 2. The summed E-state index contributed by atoms with van der Waals surface area (Å²) in [5.41, 5.74) is -1.54. The molecule has 4 aromatic carbocycles. The number of anilines is 1. The fourth-order valence-electron chi connectivity index (χ4n) is 7.09. The molecule has 0 aliphatic carbocycles. The fraction of sp³-hybridized carbons (Fsp3) is 0.308. The predicted molar refractivity (Wildman–Crippen MR) is 188 cm³/mol. The van der Waals surface area contributed by atoms with Crippen molar-refractivity contribution in [3.8, 4) is 6.07 Å². The van der Waals surface area contributed by atoms with E-state index in [1.54, 1.807) is 23.1 Å². The van der Waals surface area contributed by atoms with E-state index in [1.807, 2.05) is 20.8 Å². The molecule has 1 N–H and O–H groups in total. The van der Waals surface area contributed by atoms with Gasteiger partial charge in [-0.25, -0.2) is 18.0 Å². The number of rotatable bonds is 9. The molecule has 1 aliphatic heterocycles. The van der Waals surface area contributed by atoms with Crippen molar-refractivity contribution in [1.29, 1.82) is 5.26 Å². The van der Waals surface area contributed by atoms with Crippen LogP contribution in [0.5, 0.6) is 0 Å². The highest BCUT2D eigenvalue weighted by Gasteiger charge is 2.64. The van der Waals surface area contributed by atoms with E-state index in [0.29, 0.717) is 11.3 Å². The topological polar surface area (TPSA) is 82.4 Å². The highest BCUT2D eigenvalue weighted by Crippen LogP contribution is 2.56. The van der Waals surface area contributed by atoms with Gasteiger partial charge in [0.15, 0.2) is 0 Å². The minimum absolute atomic E-state index is 0.0538.